The lowest BCUT2D eigenvalue weighted by atomic mass is 10.0. The number of hydrogen-bond acceptors (Lipinski definition) is 6. The van der Waals surface area contributed by atoms with Gasteiger partial charge in [0.2, 0.25) is 15.9 Å². The molecule has 10 heteroatoms. The van der Waals surface area contributed by atoms with Crippen LogP contribution in [0.5, 0.6) is 0 Å². The molecule has 2 atom stereocenters. The van der Waals surface area contributed by atoms with Crippen molar-refractivity contribution in [2.75, 3.05) is 23.7 Å². The topological polar surface area (TPSA) is 122 Å². The van der Waals surface area contributed by atoms with E-state index in [-0.39, 0.29) is 40.1 Å². The number of nitrogens with one attached hydrogen (secondary N) is 2. The van der Waals surface area contributed by atoms with Gasteiger partial charge in [0.05, 0.1) is 9.82 Å². The predicted octanol–water partition coefficient (Wildman–Crippen LogP) is 4.54. The number of benzene rings is 2. The van der Waals surface area contributed by atoms with Gasteiger partial charge in [0, 0.05) is 36.8 Å². The number of carbonyl (C=O) groups excluding carboxylic acids is 1. The first-order valence-corrected chi connectivity index (χ1v) is 13.0. The molecule has 0 aromatic heterocycles. The van der Waals surface area contributed by atoms with Gasteiger partial charge < -0.3 is 10.6 Å². The summed E-state index contributed by atoms with van der Waals surface area (Å²) in [5.41, 5.74) is 1.54. The molecule has 2 N–H and O–H groups in total. The van der Waals surface area contributed by atoms with Crippen LogP contribution in [0.15, 0.2) is 47.4 Å². The van der Waals surface area contributed by atoms with Crippen molar-refractivity contribution in [1.82, 2.24) is 4.31 Å². The number of nitro groups is 1. The van der Waals surface area contributed by atoms with Crippen molar-refractivity contribution in [2.24, 2.45) is 11.8 Å². The van der Waals surface area contributed by atoms with Crippen LogP contribution in [-0.4, -0.2) is 36.6 Å². The van der Waals surface area contributed by atoms with Crippen LogP contribution in [0.4, 0.5) is 17.1 Å². The van der Waals surface area contributed by atoms with E-state index < -0.39 is 14.9 Å². The summed E-state index contributed by atoms with van der Waals surface area (Å²) in [6.45, 7) is 4.71. The van der Waals surface area contributed by atoms with Crippen LogP contribution < -0.4 is 10.6 Å². The molecule has 0 spiro atoms. The Hall–Kier alpha value is -2.98. The molecule has 0 bridgehead atoms. The van der Waals surface area contributed by atoms with Gasteiger partial charge in [0.25, 0.3) is 5.69 Å². The van der Waals surface area contributed by atoms with E-state index in [1.807, 2.05) is 26.0 Å². The van der Waals surface area contributed by atoms with Gasteiger partial charge in [0.15, 0.2) is 0 Å². The smallest absolute Gasteiger partial charge is 0.293 e. The van der Waals surface area contributed by atoms with Crippen molar-refractivity contribution in [1.29, 1.82) is 0 Å². The highest BCUT2D eigenvalue weighted by molar-refractivity contribution is 7.89. The van der Waals surface area contributed by atoms with Crippen LogP contribution in [0.1, 0.15) is 51.1 Å². The third-order valence-electron chi connectivity index (χ3n) is 6.42. The highest BCUT2D eigenvalue weighted by Crippen LogP contribution is 2.33. The predicted molar refractivity (Wildman–Crippen MR) is 130 cm³/mol. The highest BCUT2D eigenvalue weighted by atomic mass is 32.2. The van der Waals surface area contributed by atoms with Crippen LogP contribution in [0.2, 0.25) is 0 Å². The first kappa shape index (κ1) is 24.2. The molecule has 2 aromatic rings. The normalized spacial score (nSPS) is 19.9. The number of nitro benzene ring substituents is 1. The van der Waals surface area contributed by atoms with Crippen LogP contribution in [0.3, 0.4) is 0 Å². The minimum atomic E-state index is -3.80. The molecule has 1 heterocycles. The van der Waals surface area contributed by atoms with Gasteiger partial charge in [-0.05, 0) is 68.4 Å². The number of amides is 1. The Morgan fingerprint density at radius 3 is 2.47 bits per heavy atom. The summed E-state index contributed by atoms with van der Waals surface area (Å²) >= 11 is 0. The maximum absolute atomic E-state index is 13.1. The molecule has 4 rings (SSSR count). The largest absolute Gasteiger partial charge is 0.373 e. The summed E-state index contributed by atoms with van der Waals surface area (Å²) in [7, 11) is -3.80. The second-order valence-electron chi connectivity index (χ2n) is 9.30. The zero-order valence-electron chi connectivity index (χ0n) is 19.4. The van der Waals surface area contributed by atoms with Gasteiger partial charge in [-0.1, -0.05) is 19.1 Å². The fraction of sp³-hybridized carbons (Fsp3) is 0.458. The lowest BCUT2D eigenvalue weighted by Crippen LogP contribution is -2.39. The minimum absolute atomic E-state index is 0.0311. The summed E-state index contributed by atoms with van der Waals surface area (Å²) in [4.78, 5) is 23.1. The SMILES string of the molecule is C[C@H]1CCCN(S(=O)(=O)c2ccc(N[C@H](C)c3ccc(NC(=O)C4CC4)cc3)c([N+](=O)[O-])c2)C1. The van der Waals surface area contributed by atoms with Crippen LogP contribution in [0, 0.1) is 22.0 Å². The van der Waals surface area contributed by atoms with E-state index in [9.17, 15) is 23.3 Å². The van der Waals surface area contributed by atoms with Crippen molar-refractivity contribution in [3.8, 4) is 0 Å². The average molecular weight is 487 g/mol. The Morgan fingerprint density at radius 2 is 1.85 bits per heavy atom. The summed E-state index contributed by atoms with van der Waals surface area (Å²) in [6, 6.07) is 11.0. The lowest BCUT2D eigenvalue weighted by Gasteiger charge is -2.30. The summed E-state index contributed by atoms with van der Waals surface area (Å²) < 4.78 is 27.6. The van der Waals surface area contributed by atoms with E-state index in [1.54, 1.807) is 12.1 Å². The first-order valence-electron chi connectivity index (χ1n) is 11.6. The number of hydrogen-bond donors (Lipinski definition) is 2. The van der Waals surface area contributed by atoms with Gasteiger partial charge in [-0.15, -0.1) is 0 Å². The van der Waals surface area contributed by atoms with Crippen molar-refractivity contribution in [3.63, 3.8) is 0 Å². The summed E-state index contributed by atoms with van der Waals surface area (Å²) in [5, 5.41) is 17.8. The Balaban J connectivity index is 1.50. The first-order chi connectivity index (χ1) is 16.1. The Kier molecular flexibility index (Phi) is 6.90. The van der Waals surface area contributed by atoms with Crippen molar-refractivity contribution in [2.45, 2.75) is 50.5 Å². The third kappa shape index (κ3) is 5.39. The third-order valence-corrected chi connectivity index (χ3v) is 8.28. The molecule has 1 aliphatic carbocycles. The molecular weight excluding hydrogens is 456 g/mol. The Labute approximate surface area is 199 Å². The van der Waals surface area contributed by atoms with Gasteiger partial charge in [-0.3, -0.25) is 14.9 Å². The molecule has 182 valence electrons. The molecule has 1 aliphatic heterocycles. The molecule has 9 nitrogen and oxygen atoms in total. The molecule has 0 radical (unpaired) electrons. The molecule has 1 saturated heterocycles. The van der Waals surface area contributed by atoms with E-state index in [0.29, 0.717) is 18.8 Å². The average Bonchev–Trinajstić information content (AvgIpc) is 3.65. The fourth-order valence-electron chi connectivity index (χ4n) is 4.22. The summed E-state index contributed by atoms with van der Waals surface area (Å²) in [6.07, 6.45) is 3.62. The van der Waals surface area contributed by atoms with Crippen LogP contribution in [-0.2, 0) is 14.8 Å². The minimum Gasteiger partial charge on any atom is -0.373 e. The Morgan fingerprint density at radius 1 is 1.15 bits per heavy atom. The van der Waals surface area contributed by atoms with Crippen LogP contribution >= 0.6 is 0 Å². The zero-order chi connectivity index (χ0) is 24.5. The number of rotatable bonds is 8. The molecular formula is C24H30N4O5S. The van der Waals surface area contributed by atoms with E-state index in [2.05, 4.69) is 10.6 Å². The van der Waals surface area contributed by atoms with E-state index >= 15 is 0 Å². The number of nitrogens with zero attached hydrogens (tertiary/aromatic N) is 2. The van der Waals surface area contributed by atoms with Gasteiger partial charge in [-0.25, -0.2) is 8.42 Å². The zero-order valence-corrected chi connectivity index (χ0v) is 20.2. The van der Waals surface area contributed by atoms with E-state index in [1.165, 1.54) is 16.4 Å². The monoisotopic (exact) mass is 486 g/mol. The number of sulfonamides is 1. The number of anilines is 2. The van der Waals surface area contributed by atoms with E-state index in [4.69, 9.17) is 0 Å². The van der Waals surface area contributed by atoms with Gasteiger partial charge in [0.1, 0.15) is 5.69 Å². The molecule has 1 saturated carbocycles. The highest BCUT2D eigenvalue weighted by Gasteiger charge is 2.31. The molecule has 2 aliphatic rings. The van der Waals surface area contributed by atoms with Gasteiger partial charge >= 0.3 is 0 Å². The van der Waals surface area contributed by atoms with Crippen molar-refractivity contribution in [3.05, 3.63) is 58.1 Å². The summed E-state index contributed by atoms with van der Waals surface area (Å²) in [5.74, 6) is 0.406. The second-order valence-corrected chi connectivity index (χ2v) is 11.2. The molecule has 1 amide bonds. The molecule has 2 aromatic carbocycles. The van der Waals surface area contributed by atoms with Crippen LogP contribution in [0.25, 0.3) is 0 Å². The number of piperidine rings is 1. The quantitative estimate of drug-likeness (QED) is 0.417. The number of carbonyl (C=O) groups is 1. The van der Waals surface area contributed by atoms with E-state index in [0.717, 1.165) is 37.3 Å². The molecule has 2 fully saturated rings. The second kappa shape index (κ2) is 9.71. The maximum Gasteiger partial charge on any atom is 0.293 e. The molecule has 0 unspecified atom stereocenters. The Bertz CT molecular complexity index is 1180. The standard InChI is InChI=1S/C24H30N4O5S/c1-16-4-3-13-27(15-16)34(32,33)21-11-12-22(23(14-21)28(30)31)25-17(2)18-7-9-20(10-8-18)26-24(29)19-5-6-19/h7-12,14,16-17,19,25H,3-6,13,15H2,1-2H3,(H,26,29)/t16-,17+/m0/s1. The molecule has 34 heavy (non-hydrogen) atoms. The maximum atomic E-state index is 13.1. The van der Waals surface area contributed by atoms with Gasteiger partial charge in [-0.2, -0.15) is 4.31 Å². The fourth-order valence-corrected chi connectivity index (χ4v) is 5.84. The van der Waals surface area contributed by atoms with Crippen molar-refractivity contribution < 1.29 is 18.1 Å². The van der Waals surface area contributed by atoms with Crippen molar-refractivity contribution >= 4 is 33.0 Å². The lowest BCUT2D eigenvalue weighted by molar-refractivity contribution is -0.384.